The standard InChI is InChI=1S/C36H41NO4.C28H32BrNO2.C21H27NO4.C15H16N.C13H15BrO2.C8H11BO4.Li/c1-26(28-16-11-8-12-17-28)37(25-27-14-9-7-10-15-27)31(24-34(38)41-36(2,3)4)29-20-22-30(23-21-29)35-32(39-5)18-13-19-33(35)40-6;1-21(23-13-9-6-10-14-23)30(20-22-11-7-5-8-12-22)26(19-27(31)32-28(2,3)4)24-15-17-25(29)18-16-24;1-21(2,3)26-19(23)13-16(22)14-9-11-15(12-10-14)20-17(24-4)7-6-8-18(20)25-5;1-13(15-10-6-3-7-11-15)16-12-14-8-4-2-5-9-14;1-13(2,3)16-12(15)9-6-10-4-7-11(14)8-5-10;1-12-6-4-3-5-7(13-2)8(6)9(10)11;/h7-23,26,31H,24-25H2,1-6H3;5-18,21,26H,19-20H2,1-4H3;6-12,16H,13,22H2,1-5H3;2-11,13H,12H2,1H3;4-9H,1-3H3;3-5,10-11H,1-2H3;/q;;;-1;;;+1/b;;;;9-6+;;/t26-,31-;21-,26-;16-;13-;;;/m0000.../s1. The molecule has 0 heterocycles. The van der Waals surface area contributed by atoms with E-state index in [1.165, 1.54) is 53.7 Å². The van der Waals surface area contributed by atoms with Crippen LogP contribution in [0, 0.1) is 0 Å². The first-order chi connectivity index (χ1) is 68.6. The van der Waals surface area contributed by atoms with Gasteiger partial charge in [0.25, 0.3) is 0 Å². The number of nitrogens with two attached hydrogens (primary N) is 1. The number of methoxy groups -OCH3 is 6. The van der Waals surface area contributed by atoms with Gasteiger partial charge in [-0.1, -0.05) is 323 Å². The molecule has 145 heavy (non-hydrogen) atoms. The van der Waals surface area contributed by atoms with Gasteiger partial charge in [0.1, 0.15) is 56.9 Å². The minimum Gasteiger partial charge on any atom is -0.652 e. The number of rotatable bonds is 34. The first-order valence-corrected chi connectivity index (χ1v) is 49.7. The van der Waals surface area contributed by atoms with Crippen molar-refractivity contribution in [2.24, 2.45) is 5.73 Å². The first kappa shape index (κ1) is 120. The molecule has 4 N–H and O–H groups in total. The average molecular weight is 2090 g/mol. The van der Waals surface area contributed by atoms with E-state index in [1.807, 2.05) is 217 Å². The summed E-state index contributed by atoms with van der Waals surface area (Å²) in [5.74, 6) is 2.70. The third-order valence-electron chi connectivity index (χ3n) is 22.5. The summed E-state index contributed by atoms with van der Waals surface area (Å²) in [4.78, 5) is 54.4. The third kappa shape index (κ3) is 41.2. The molecule has 0 aliphatic carbocycles. The Morgan fingerprint density at radius 1 is 0.352 bits per heavy atom. The number of nitrogens with zero attached hydrogens (tertiary/aromatic N) is 3. The molecule has 24 heteroatoms. The fourth-order valence-electron chi connectivity index (χ4n) is 15.7. The molecule has 0 aliphatic heterocycles. The molecule has 0 unspecified atom stereocenters. The van der Waals surface area contributed by atoms with Crippen LogP contribution in [0.1, 0.15) is 215 Å². The largest absolute Gasteiger partial charge is 1.00 e. The van der Waals surface area contributed by atoms with Crippen molar-refractivity contribution in [1.82, 2.24) is 9.80 Å². The average Bonchev–Trinajstić information content (AvgIpc) is 0.816. The summed E-state index contributed by atoms with van der Waals surface area (Å²) in [6, 6.07) is 111. The van der Waals surface area contributed by atoms with Crippen molar-refractivity contribution in [3.63, 3.8) is 0 Å². The van der Waals surface area contributed by atoms with Gasteiger partial charge < -0.3 is 68.5 Å². The van der Waals surface area contributed by atoms with Crippen LogP contribution in [0.15, 0.2) is 349 Å². The van der Waals surface area contributed by atoms with E-state index >= 15 is 0 Å². The van der Waals surface area contributed by atoms with Crippen LogP contribution in [0.25, 0.3) is 33.6 Å². The van der Waals surface area contributed by atoms with E-state index in [2.05, 4.69) is 250 Å². The van der Waals surface area contributed by atoms with Crippen LogP contribution in [0.5, 0.6) is 34.5 Å². The third-order valence-corrected chi connectivity index (χ3v) is 23.6. The van der Waals surface area contributed by atoms with Crippen LogP contribution in [-0.2, 0) is 57.8 Å². The number of esters is 4. The Bertz CT molecular complexity index is 5970. The molecule has 13 aromatic rings. The quantitative estimate of drug-likeness (QED) is 0.0147. The second kappa shape index (κ2) is 59.9. The van der Waals surface area contributed by atoms with Gasteiger partial charge in [0.15, 0.2) is 0 Å². The summed E-state index contributed by atoms with van der Waals surface area (Å²) in [7, 11) is 7.91. The maximum Gasteiger partial charge on any atom is 1.00 e. The maximum atomic E-state index is 13.3. The fraction of sp³-hybridized carbons (Fsp3) is 0.306. The van der Waals surface area contributed by atoms with Crippen LogP contribution in [0.4, 0.5) is 0 Å². The SMILES string of the molecule is CC(C)(C)OC(=O)/C=C/c1ccc(Br)cc1.COc1cccc(OC)c1-c1ccc([C@@H](N)CC(=O)OC(C)(C)C)cc1.COc1cccc(OC)c1-c1ccc([C@H](CC(=O)OC(C)(C)C)N(Cc2ccccc2)[C@@H](C)c2ccccc2)cc1.COc1cccc(OC)c1B(O)O.C[C@@H](c1ccccc1)N(Cc1ccccc1)[C@@H](CC(=O)OC(C)(C)C)c1ccc(Br)cc1.C[C@H]([N-]Cc1ccccc1)c1ccccc1.[Li+]. The fourth-order valence-corrected chi connectivity index (χ4v) is 16.2. The van der Waals surface area contributed by atoms with E-state index in [0.717, 1.165) is 89.5 Å². The molecule has 0 saturated heterocycles. The molecular formula is C121H142BBr2LiN4O16. The van der Waals surface area contributed by atoms with Crippen molar-refractivity contribution in [2.45, 2.75) is 201 Å². The molecular weight excluding hydrogens is 1940 g/mol. The van der Waals surface area contributed by atoms with Crippen molar-refractivity contribution >= 4 is 74.4 Å². The number of halogens is 2. The van der Waals surface area contributed by atoms with Crippen LogP contribution in [0.3, 0.4) is 0 Å². The van der Waals surface area contributed by atoms with Gasteiger partial charge in [0.2, 0.25) is 0 Å². The van der Waals surface area contributed by atoms with Gasteiger partial charge in [-0.3, -0.25) is 24.2 Å². The van der Waals surface area contributed by atoms with Gasteiger partial charge in [0, 0.05) is 58.3 Å². The van der Waals surface area contributed by atoms with Gasteiger partial charge in [-0.15, -0.1) is 12.6 Å². The topological polar surface area (TPSA) is 248 Å². The minimum absolute atomic E-state index is 0. The van der Waals surface area contributed by atoms with Gasteiger partial charge in [-0.25, -0.2) is 4.79 Å². The summed E-state index contributed by atoms with van der Waals surface area (Å²) >= 11 is 6.89. The van der Waals surface area contributed by atoms with Crippen molar-refractivity contribution < 1.29 is 95.5 Å². The van der Waals surface area contributed by atoms with Crippen LogP contribution < -0.4 is 58.5 Å². The number of ether oxygens (including phenoxy) is 10. The van der Waals surface area contributed by atoms with Gasteiger partial charge >= 0.3 is 49.9 Å². The van der Waals surface area contributed by atoms with Crippen molar-refractivity contribution in [1.29, 1.82) is 0 Å². The molecule has 0 fully saturated rings. The van der Waals surface area contributed by atoms with E-state index in [1.54, 1.807) is 52.7 Å². The molecule has 760 valence electrons. The maximum absolute atomic E-state index is 13.3. The molecule has 0 radical (unpaired) electrons. The second-order valence-corrected chi connectivity index (χ2v) is 40.0. The molecule has 0 amide bonds. The Morgan fingerprint density at radius 3 is 0.966 bits per heavy atom. The summed E-state index contributed by atoms with van der Waals surface area (Å²) in [6.45, 7) is 31.2. The van der Waals surface area contributed by atoms with Crippen LogP contribution in [0.2, 0.25) is 0 Å². The molecule has 13 aromatic carbocycles. The number of hydrogen-bond acceptors (Lipinski definition) is 19. The van der Waals surface area contributed by atoms with E-state index < -0.39 is 35.6 Å². The smallest absolute Gasteiger partial charge is 0.652 e. The molecule has 6 atom stereocenters. The minimum atomic E-state index is -1.59. The number of carbonyl (C=O) groups excluding carboxylic acids is 4. The Balaban J connectivity index is 0.000000246. The van der Waals surface area contributed by atoms with Gasteiger partial charge in [-0.2, -0.15) is 0 Å². The van der Waals surface area contributed by atoms with E-state index in [9.17, 15) is 19.2 Å². The zero-order chi connectivity index (χ0) is 105. The molecule has 0 aromatic heterocycles. The molecule has 0 bridgehead atoms. The zero-order valence-corrected chi connectivity index (χ0v) is 91.1. The van der Waals surface area contributed by atoms with Crippen molar-refractivity contribution in [3.05, 3.63) is 410 Å². The van der Waals surface area contributed by atoms with Crippen LogP contribution >= 0.6 is 31.9 Å². The number of hydrogen-bond donors (Lipinski definition) is 3. The summed E-state index contributed by atoms with van der Waals surface area (Å²) in [5, 5.41) is 22.8. The first-order valence-electron chi connectivity index (χ1n) is 48.1. The Kier molecular flexibility index (Phi) is 49.4. The molecule has 13 rings (SSSR count). The van der Waals surface area contributed by atoms with Gasteiger partial charge in [-0.05, 0) is 219 Å². The van der Waals surface area contributed by atoms with E-state index in [0.29, 0.717) is 18.0 Å². The van der Waals surface area contributed by atoms with Crippen molar-refractivity contribution in [2.75, 3.05) is 42.7 Å². The summed E-state index contributed by atoms with van der Waals surface area (Å²) < 4.78 is 56.2. The number of carbonyl (C=O) groups is 4. The number of benzene rings is 13. The Hall–Kier alpha value is -12.3. The van der Waals surface area contributed by atoms with Crippen LogP contribution in [-0.4, -0.2) is 116 Å². The zero-order valence-electron chi connectivity index (χ0n) is 88.0. The van der Waals surface area contributed by atoms with E-state index in [4.69, 9.17) is 63.2 Å². The monoisotopic (exact) mass is 2080 g/mol. The van der Waals surface area contributed by atoms with Gasteiger partial charge in [0.05, 0.1) is 78.5 Å². The molecule has 0 spiro atoms. The van der Waals surface area contributed by atoms with Crippen molar-refractivity contribution in [3.8, 4) is 56.8 Å². The Morgan fingerprint density at radius 2 is 0.641 bits per heavy atom. The molecule has 20 nitrogen and oxygen atoms in total. The molecule has 0 aliphatic rings. The normalized spacial score (nSPS) is 12.4. The summed E-state index contributed by atoms with van der Waals surface area (Å²) in [5.41, 5.74) is 19.4. The molecule has 0 saturated carbocycles. The predicted molar refractivity (Wildman–Crippen MR) is 588 cm³/mol. The Labute approximate surface area is 889 Å². The van der Waals surface area contributed by atoms with E-state index in [-0.39, 0.29) is 97.7 Å². The summed E-state index contributed by atoms with van der Waals surface area (Å²) in [6.07, 6.45) is 3.81. The predicted octanol–water partition coefficient (Wildman–Crippen LogP) is 24.5. The second-order valence-electron chi connectivity index (χ2n) is 38.2.